The number of nitrogens with two attached hydrogens (primary N) is 2. The van der Waals surface area contributed by atoms with Crippen LogP contribution in [0.2, 0.25) is 4.34 Å². The summed E-state index contributed by atoms with van der Waals surface area (Å²) in [7, 11) is 0. The Morgan fingerprint density at radius 1 is 1.41 bits per heavy atom. The number of thioether (sulfide) groups is 2. The summed E-state index contributed by atoms with van der Waals surface area (Å²) in [5, 5.41) is 24.7. The van der Waals surface area contributed by atoms with Crippen LogP contribution in [0.4, 0.5) is 5.13 Å². The summed E-state index contributed by atoms with van der Waals surface area (Å²) in [6.07, 6.45) is 4.89. The number of hydrogen-bond acceptors (Lipinski definition) is 13. The maximum absolute atomic E-state index is 13.0. The number of amides is 2. The summed E-state index contributed by atoms with van der Waals surface area (Å²) in [6.45, 7) is 1.32. The number of nitrogen functional groups attached to an aromatic ring is 1. The number of oxime groups is 1. The highest BCUT2D eigenvalue weighted by Gasteiger charge is 2.58. The Balaban J connectivity index is 1.43. The summed E-state index contributed by atoms with van der Waals surface area (Å²) in [5.41, 5.74) is 11.3. The number of hydrogen-bond donors (Lipinski definition) is 5. The molecular formula is C22H26ClN7O6S3. The fourth-order valence-electron chi connectivity index (χ4n) is 4.02. The Kier molecular flexibility index (Phi) is 9.56. The largest absolute Gasteiger partial charge is 0.480 e. The Hall–Kier alpha value is -2.63. The maximum atomic E-state index is 13.0. The number of carbonyl (C=O) groups excluding carboxylic acids is 2. The smallest absolute Gasteiger partial charge is 0.322 e. The van der Waals surface area contributed by atoms with Crippen molar-refractivity contribution in [1.29, 1.82) is 0 Å². The second-order valence-electron chi connectivity index (χ2n) is 8.68. The minimum Gasteiger partial charge on any atom is -0.480 e. The molecule has 0 radical (unpaired) electrons. The van der Waals surface area contributed by atoms with Gasteiger partial charge in [0.25, 0.3) is 5.91 Å². The Morgan fingerprint density at radius 3 is 2.87 bits per heavy atom. The van der Waals surface area contributed by atoms with Gasteiger partial charge >= 0.3 is 5.97 Å². The van der Waals surface area contributed by atoms with Gasteiger partial charge in [-0.1, -0.05) is 28.1 Å². The van der Waals surface area contributed by atoms with E-state index in [0.717, 1.165) is 41.5 Å². The topological polar surface area (TPSA) is 206 Å². The van der Waals surface area contributed by atoms with Crippen LogP contribution in [0.5, 0.6) is 0 Å². The molecule has 17 heteroatoms. The van der Waals surface area contributed by atoms with E-state index in [4.69, 9.17) is 27.8 Å². The Labute approximate surface area is 240 Å². The first-order valence-corrected chi connectivity index (χ1v) is 14.8. The average molecular weight is 616 g/mol. The number of β-lactam (4-membered cyclic amide) rings is 1. The summed E-state index contributed by atoms with van der Waals surface area (Å²) in [6, 6.07) is 0.793. The first-order valence-electron chi connectivity index (χ1n) is 11.7. The molecule has 2 saturated heterocycles. The number of unbranched alkanes of at least 4 members (excludes halogenated alkanes) is 1. The summed E-state index contributed by atoms with van der Waals surface area (Å²) >= 11 is 9.33. The van der Waals surface area contributed by atoms with Crippen molar-refractivity contribution in [2.75, 3.05) is 31.2 Å². The number of fused-ring (bicyclic) bond motifs is 1. The number of carboxylic acid groups (broad SMARTS) is 1. The molecule has 0 saturated carbocycles. The van der Waals surface area contributed by atoms with Crippen molar-refractivity contribution < 1.29 is 29.4 Å². The van der Waals surface area contributed by atoms with Crippen LogP contribution in [0.1, 0.15) is 24.1 Å². The highest BCUT2D eigenvalue weighted by molar-refractivity contribution is 8.05. The Morgan fingerprint density at radius 2 is 2.21 bits per heavy atom. The van der Waals surface area contributed by atoms with Gasteiger partial charge in [0.15, 0.2) is 10.8 Å². The molecule has 13 nitrogen and oxygen atoms in total. The lowest BCUT2D eigenvalue weighted by atomic mass is 10.0. The lowest BCUT2D eigenvalue weighted by molar-refractivity contribution is -0.151. The van der Waals surface area contributed by atoms with Crippen LogP contribution in [0.3, 0.4) is 0 Å². The van der Waals surface area contributed by atoms with E-state index >= 15 is 0 Å². The second kappa shape index (κ2) is 12.7. The summed E-state index contributed by atoms with van der Waals surface area (Å²) < 4.78 is 4.45. The zero-order chi connectivity index (χ0) is 28.2. The van der Waals surface area contributed by atoms with Gasteiger partial charge in [-0.05, 0) is 25.5 Å². The van der Waals surface area contributed by atoms with E-state index in [1.165, 1.54) is 16.7 Å². The van der Waals surface area contributed by atoms with Gasteiger partial charge in [-0.2, -0.15) is 0 Å². The number of anilines is 1. The van der Waals surface area contributed by atoms with Crippen molar-refractivity contribution in [3.63, 3.8) is 0 Å². The van der Waals surface area contributed by atoms with Gasteiger partial charge in [0, 0.05) is 41.8 Å². The van der Waals surface area contributed by atoms with E-state index in [-0.39, 0.29) is 34.1 Å². The van der Waals surface area contributed by atoms with E-state index in [9.17, 15) is 24.7 Å². The van der Waals surface area contributed by atoms with Crippen molar-refractivity contribution in [2.45, 2.75) is 40.5 Å². The van der Waals surface area contributed by atoms with Gasteiger partial charge in [0.1, 0.15) is 26.2 Å². The number of aromatic nitrogens is 2. The molecule has 2 fully saturated rings. The third-order valence-corrected chi connectivity index (χ3v) is 10.3. The van der Waals surface area contributed by atoms with Crippen LogP contribution in [-0.4, -0.2) is 90.3 Å². The number of thiazole rings is 1. The van der Waals surface area contributed by atoms with E-state index in [1.54, 1.807) is 18.5 Å². The van der Waals surface area contributed by atoms with E-state index in [1.807, 2.05) is 0 Å². The van der Waals surface area contributed by atoms with E-state index < -0.39 is 39.7 Å². The van der Waals surface area contributed by atoms with Crippen molar-refractivity contribution >= 4 is 75.1 Å². The number of nitrogens with one attached hydrogen (secondary N) is 1. The third kappa shape index (κ3) is 6.25. The number of halogens is 1. The zero-order valence-electron chi connectivity index (χ0n) is 20.4. The monoisotopic (exact) mass is 615 g/mol. The summed E-state index contributed by atoms with van der Waals surface area (Å²) in [4.78, 5) is 48.5. The predicted octanol–water partition coefficient (Wildman–Crippen LogP) is 1.22. The van der Waals surface area contributed by atoms with E-state index in [2.05, 4.69) is 20.4 Å². The van der Waals surface area contributed by atoms with Crippen molar-refractivity contribution in [3.8, 4) is 0 Å². The number of pyridine rings is 1. The molecule has 0 spiro atoms. The van der Waals surface area contributed by atoms with Gasteiger partial charge in [-0.25, -0.2) is 4.98 Å². The quantitative estimate of drug-likeness (QED) is 0.0751. The van der Waals surface area contributed by atoms with Crippen LogP contribution >= 0.6 is 46.5 Å². The molecule has 4 heterocycles. The predicted molar refractivity (Wildman–Crippen MR) is 148 cm³/mol. The number of carbonyl (C=O) groups is 3. The SMILES string of the molecule is NCCCCOCc1cnccc1SC1(C(=O)O)CS[C@@H]2[C@H](NC(=O)C(=NO)c3nc(N)sc3Cl)C(=O)N2C1. The van der Waals surface area contributed by atoms with E-state index in [0.29, 0.717) is 18.0 Å². The molecule has 39 heavy (non-hydrogen) atoms. The molecular weight excluding hydrogens is 590 g/mol. The lowest BCUT2D eigenvalue weighted by Gasteiger charge is -2.53. The molecule has 2 aliphatic rings. The van der Waals surface area contributed by atoms with Crippen LogP contribution in [0, 0.1) is 0 Å². The molecule has 0 aromatic carbocycles. The van der Waals surface area contributed by atoms with Gasteiger partial charge in [0.2, 0.25) is 5.91 Å². The molecule has 2 aromatic heterocycles. The third-order valence-electron chi connectivity index (χ3n) is 6.04. The van der Waals surface area contributed by atoms with Crippen LogP contribution < -0.4 is 16.8 Å². The molecule has 210 valence electrons. The lowest BCUT2D eigenvalue weighted by Crippen LogP contribution is -2.74. The number of nitrogens with zero attached hydrogens (tertiary/aromatic N) is 4. The number of rotatable bonds is 12. The summed E-state index contributed by atoms with van der Waals surface area (Å²) in [5.74, 6) is -2.20. The molecule has 1 unspecified atom stereocenters. The molecule has 3 atom stereocenters. The number of aliphatic carboxylic acids is 1. The fraction of sp³-hybridized carbons (Fsp3) is 0.455. The standard InChI is InChI=1S/C22H26ClN7O6S3/c23-16-13(28-21(25)38-16)14(29-35)17(31)27-15-18(32)30-9-22(20(33)34,10-37-19(15)30)39-12-3-5-26-7-11(12)8-36-6-2-1-4-24/h3,5,7,15,19,35H,1-2,4,6,8-10,24H2,(H2,25,28)(H,27,31)(H,33,34)/t15-,19-,22?/m1/s1. The normalized spacial score (nSPS) is 22.8. The molecule has 2 amide bonds. The average Bonchev–Trinajstić information content (AvgIpc) is 3.25. The number of ether oxygens (including phenoxy) is 1. The van der Waals surface area contributed by atoms with Crippen LogP contribution in [0.25, 0.3) is 0 Å². The zero-order valence-corrected chi connectivity index (χ0v) is 23.6. The molecule has 2 aliphatic heterocycles. The second-order valence-corrected chi connectivity index (χ2v) is 12.8. The van der Waals surface area contributed by atoms with Gasteiger partial charge in [0.05, 0.1) is 6.61 Å². The molecule has 7 N–H and O–H groups in total. The minimum atomic E-state index is -1.33. The van der Waals surface area contributed by atoms with Crippen LogP contribution in [0.15, 0.2) is 28.5 Å². The minimum absolute atomic E-state index is 0.0590. The Bertz CT molecular complexity index is 1280. The van der Waals surface area contributed by atoms with Crippen molar-refractivity contribution in [2.24, 2.45) is 10.9 Å². The molecule has 2 aromatic rings. The van der Waals surface area contributed by atoms with Gasteiger partial charge in [-0.15, -0.1) is 23.5 Å². The highest BCUT2D eigenvalue weighted by Crippen LogP contribution is 2.47. The maximum Gasteiger partial charge on any atom is 0.322 e. The number of carboxylic acids is 1. The fourth-order valence-corrected chi connectivity index (χ4v) is 7.86. The van der Waals surface area contributed by atoms with Gasteiger partial charge < -0.3 is 36.7 Å². The van der Waals surface area contributed by atoms with Gasteiger partial charge in [-0.3, -0.25) is 19.4 Å². The van der Waals surface area contributed by atoms with Crippen LogP contribution in [-0.2, 0) is 25.7 Å². The molecule has 0 aliphatic carbocycles. The van der Waals surface area contributed by atoms with Crippen molar-refractivity contribution in [1.82, 2.24) is 20.2 Å². The van der Waals surface area contributed by atoms with Crippen molar-refractivity contribution in [3.05, 3.63) is 34.1 Å². The first-order chi connectivity index (χ1) is 18.7. The highest BCUT2D eigenvalue weighted by atomic mass is 35.5. The molecule has 4 rings (SSSR count). The first kappa shape index (κ1) is 29.4. The molecule has 0 bridgehead atoms.